The van der Waals surface area contributed by atoms with Gasteiger partial charge in [0.2, 0.25) is 0 Å². The van der Waals surface area contributed by atoms with Gasteiger partial charge in [0.25, 0.3) is 5.91 Å². The Hall–Kier alpha value is -3.20. The van der Waals surface area contributed by atoms with Crippen molar-refractivity contribution in [3.05, 3.63) is 51.7 Å². The number of Topliss-reactive ketones (excluding diaryl/α,β-unsaturated/α-hetero) is 1. The van der Waals surface area contributed by atoms with Crippen LogP contribution in [-0.4, -0.2) is 41.0 Å². The molecule has 1 aromatic heterocycles. The van der Waals surface area contributed by atoms with Gasteiger partial charge in [-0.2, -0.15) is 0 Å². The summed E-state index contributed by atoms with van der Waals surface area (Å²) in [5, 5.41) is 10.4. The van der Waals surface area contributed by atoms with Crippen LogP contribution >= 0.6 is 11.3 Å². The number of nitrogens with zero attached hydrogens (tertiary/aromatic N) is 2. The van der Waals surface area contributed by atoms with Crippen molar-refractivity contribution in [2.24, 2.45) is 5.92 Å². The number of hydrogen-bond donors (Lipinski definition) is 1. The highest BCUT2D eigenvalue weighted by Gasteiger charge is 2.53. The number of anilines is 1. The van der Waals surface area contributed by atoms with Crippen LogP contribution < -0.4 is 4.90 Å². The maximum atomic E-state index is 13.6. The third-order valence-corrected chi connectivity index (χ3v) is 7.45. The van der Waals surface area contributed by atoms with Crippen molar-refractivity contribution < 1.29 is 29.0 Å². The van der Waals surface area contributed by atoms with E-state index in [9.17, 15) is 19.5 Å². The van der Waals surface area contributed by atoms with Crippen molar-refractivity contribution in [2.75, 3.05) is 12.0 Å². The van der Waals surface area contributed by atoms with Crippen molar-refractivity contribution >= 4 is 34.1 Å². The summed E-state index contributed by atoms with van der Waals surface area (Å²) in [6.45, 7) is 1.67. The smallest absolute Gasteiger partial charge is 0.350 e. The lowest BCUT2D eigenvalue weighted by molar-refractivity contribution is -0.131. The maximum absolute atomic E-state index is 13.6. The summed E-state index contributed by atoms with van der Waals surface area (Å²) >= 11 is 1.03. The number of rotatable bonds is 3. The number of hydrogen-bond acceptors (Lipinski definition) is 8. The number of aromatic nitrogens is 1. The molecule has 3 heterocycles. The van der Waals surface area contributed by atoms with Gasteiger partial charge in [-0.25, -0.2) is 9.78 Å². The molecular formula is C23H22N2O6S. The second-order valence-electron chi connectivity index (χ2n) is 8.23. The van der Waals surface area contributed by atoms with E-state index in [2.05, 4.69) is 4.98 Å². The summed E-state index contributed by atoms with van der Waals surface area (Å²) in [7, 11) is 1.28. The summed E-state index contributed by atoms with van der Waals surface area (Å²) in [5.74, 6) is -1.28. The summed E-state index contributed by atoms with van der Waals surface area (Å²) in [5.41, 5.74) is 1.31. The quantitative estimate of drug-likeness (QED) is 0.708. The molecule has 3 atom stereocenters. The first kappa shape index (κ1) is 20.7. The number of ketones is 1. The lowest BCUT2D eigenvalue weighted by atomic mass is 9.77. The molecule has 5 rings (SSSR count). The van der Waals surface area contributed by atoms with Crippen LogP contribution in [0.2, 0.25) is 0 Å². The molecule has 166 valence electrons. The van der Waals surface area contributed by atoms with Crippen molar-refractivity contribution in [1.29, 1.82) is 0 Å². The first-order valence-corrected chi connectivity index (χ1v) is 11.4. The second kappa shape index (κ2) is 7.74. The van der Waals surface area contributed by atoms with E-state index in [1.807, 2.05) is 0 Å². The lowest BCUT2D eigenvalue weighted by Crippen LogP contribution is -2.39. The van der Waals surface area contributed by atoms with Gasteiger partial charge in [0.1, 0.15) is 16.7 Å². The van der Waals surface area contributed by atoms with Gasteiger partial charge in [-0.05, 0) is 43.9 Å². The van der Waals surface area contributed by atoms with E-state index in [1.54, 1.807) is 19.1 Å². The molecule has 32 heavy (non-hydrogen) atoms. The van der Waals surface area contributed by atoms with E-state index < -0.39 is 17.9 Å². The average molecular weight is 455 g/mol. The molecule has 1 saturated carbocycles. The van der Waals surface area contributed by atoms with Crippen LogP contribution in [0, 0.1) is 12.8 Å². The van der Waals surface area contributed by atoms with Crippen LogP contribution in [0.15, 0.2) is 35.6 Å². The molecule has 1 aliphatic carbocycles. The predicted octanol–water partition coefficient (Wildman–Crippen LogP) is 3.44. The van der Waals surface area contributed by atoms with Crippen LogP contribution in [0.3, 0.4) is 0 Å². The Morgan fingerprint density at radius 1 is 1.28 bits per heavy atom. The summed E-state index contributed by atoms with van der Waals surface area (Å²) in [6.07, 6.45) is 3.07. The van der Waals surface area contributed by atoms with Crippen molar-refractivity contribution in [2.45, 2.75) is 44.8 Å². The monoisotopic (exact) mass is 454 g/mol. The van der Waals surface area contributed by atoms with Gasteiger partial charge in [-0.15, -0.1) is 0 Å². The van der Waals surface area contributed by atoms with Gasteiger partial charge in [0.15, 0.2) is 16.7 Å². The van der Waals surface area contributed by atoms with Crippen LogP contribution in [0.5, 0.6) is 5.75 Å². The largest absolute Gasteiger partial charge is 0.508 e. The highest BCUT2D eigenvalue weighted by molar-refractivity contribution is 7.17. The Morgan fingerprint density at radius 3 is 2.81 bits per heavy atom. The molecule has 0 radical (unpaired) electrons. The molecule has 3 aliphatic rings. The van der Waals surface area contributed by atoms with Crippen LogP contribution in [0.1, 0.15) is 52.7 Å². The zero-order chi connectivity index (χ0) is 22.6. The molecule has 0 saturated heterocycles. The number of benzene rings is 1. The Labute approximate surface area is 188 Å². The van der Waals surface area contributed by atoms with E-state index in [4.69, 9.17) is 9.47 Å². The van der Waals surface area contributed by atoms with Gasteiger partial charge in [-0.3, -0.25) is 14.5 Å². The number of aromatic hydroxyl groups is 1. The van der Waals surface area contributed by atoms with Crippen molar-refractivity contribution in [3.63, 3.8) is 0 Å². The molecule has 0 bridgehead atoms. The van der Waals surface area contributed by atoms with Gasteiger partial charge >= 0.3 is 5.97 Å². The topological polar surface area (TPSA) is 106 Å². The molecule has 1 fully saturated rings. The molecule has 0 spiro atoms. The Balaban J connectivity index is 1.65. The number of fused-ring (bicyclic) bond motifs is 1. The van der Waals surface area contributed by atoms with Crippen molar-refractivity contribution in [1.82, 2.24) is 4.98 Å². The number of carbonyl (C=O) groups excluding carboxylic acids is 3. The predicted molar refractivity (Wildman–Crippen MR) is 115 cm³/mol. The van der Waals surface area contributed by atoms with Gasteiger partial charge in [-0.1, -0.05) is 29.9 Å². The minimum Gasteiger partial charge on any atom is -0.508 e. The summed E-state index contributed by atoms with van der Waals surface area (Å²) < 4.78 is 11.0. The summed E-state index contributed by atoms with van der Waals surface area (Å²) in [4.78, 5) is 45.4. The van der Waals surface area contributed by atoms with Crippen molar-refractivity contribution in [3.8, 4) is 5.75 Å². The Kier molecular flexibility index (Phi) is 5.00. The van der Waals surface area contributed by atoms with Crippen LogP contribution in [-0.2, 0) is 19.1 Å². The molecule has 1 amide bonds. The fourth-order valence-corrected chi connectivity index (χ4v) is 5.83. The van der Waals surface area contributed by atoms with E-state index in [0.717, 1.165) is 37.0 Å². The standard InChI is InChI=1S/C23H22N2O6S/c1-11-20(22(29)30-2)32-23(24-11)25-17(12-6-5-7-13(26)10-12)16-18(27)14-8-3-4-9-15(14)31-19(16)21(25)28/h5-7,10,14-15,17,26H,3-4,8-9H2,1-2H3. The van der Waals surface area contributed by atoms with Gasteiger partial charge < -0.3 is 14.6 Å². The number of aryl methyl sites for hydroxylation is 1. The Bertz CT molecular complexity index is 1170. The molecule has 1 N–H and O–H groups in total. The normalized spacial score (nSPS) is 24.8. The Morgan fingerprint density at radius 2 is 2.06 bits per heavy atom. The number of phenols is 1. The molecule has 8 nitrogen and oxygen atoms in total. The van der Waals surface area contributed by atoms with Crippen LogP contribution in [0.25, 0.3) is 0 Å². The zero-order valence-electron chi connectivity index (χ0n) is 17.7. The zero-order valence-corrected chi connectivity index (χ0v) is 18.5. The third-order valence-electron chi connectivity index (χ3n) is 6.31. The second-order valence-corrected chi connectivity index (χ2v) is 9.21. The molecule has 9 heteroatoms. The van der Waals surface area contributed by atoms with E-state index in [-0.39, 0.29) is 39.3 Å². The van der Waals surface area contributed by atoms with Gasteiger partial charge in [0.05, 0.1) is 30.3 Å². The molecule has 2 aromatic rings. The number of amides is 1. The molecule has 3 unspecified atom stereocenters. The number of thiazole rings is 1. The number of methoxy groups -OCH3 is 1. The highest BCUT2D eigenvalue weighted by Crippen LogP contribution is 2.49. The van der Waals surface area contributed by atoms with E-state index >= 15 is 0 Å². The maximum Gasteiger partial charge on any atom is 0.350 e. The first-order valence-electron chi connectivity index (χ1n) is 10.5. The average Bonchev–Trinajstić information content (AvgIpc) is 3.31. The highest BCUT2D eigenvalue weighted by atomic mass is 32.1. The van der Waals surface area contributed by atoms with Gasteiger partial charge in [0, 0.05) is 0 Å². The number of esters is 1. The minimum atomic E-state index is -0.795. The fourth-order valence-electron chi connectivity index (χ4n) is 4.82. The number of phenolic OH excluding ortho intramolecular Hbond substituents is 1. The summed E-state index contributed by atoms with van der Waals surface area (Å²) in [6, 6.07) is 5.68. The number of ether oxygens (including phenoxy) is 2. The molecule has 1 aromatic carbocycles. The number of carbonyl (C=O) groups is 3. The molecule has 2 aliphatic heterocycles. The minimum absolute atomic E-state index is 0.0224. The van der Waals surface area contributed by atoms with E-state index in [1.165, 1.54) is 24.1 Å². The lowest BCUT2D eigenvalue weighted by Gasteiger charge is -2.35. The molecular weight excluding hydrogens is 432 g/mol. The first-order chi connectivity index (χ1) is 15.4. The fraction of sp³-hybridized carbons (Fsp3) is 0.391. The van der Waals surface area contributed by atoms with Crippen LogP contribution in [0.4, 0.5) is 5.13 Å². The third kappa shape index (κ3) is 3.10. The van der Waals surface area contributed by atoms with E-state index in [0.29, 0.717) is 16.8 Å². The SMILES string of the molecule is COC(=O)c1sc(N2C(=O)C3=C(C(=O)C4CCCCC4O3)C2c2cccc(O)c2)nc1C.